The Hall–Kier alpha value is -1.12. The van der Waals surface area contributed by atoms with Gasteiger partial charge in [0.1, 0.15) is 0 Å². The molecule has 17 heavy (non-hydrogen) atoms. The highest BCUT2D eigenvalue weighted by atomic mass is 79.9. The van der Waals surface area contributed by atoms with Crippen LogP contribution in [0, 0.1) is 0 Å². The van der Waals surface area contributed by atoms with E-state index in [0.29, 0.717) is 10.6 Å². The fourth-order valence-electron chi connectivity index (χ4n) is 1.64. The molecule has 0 unspecified atom stereocenters. The maximum atomic E-state index is 11.4. The molecule has 86 valence electrons. The van der Waals surface area contributed by atoms with Crippen molar-refractivity contribution in [1.29, 1.82) is 0 Å². The quantitative estimate of drug-likeness (QED) is 0.716. The average Bonchev–Trinajstić information content (AvgIpc) is 2.28. The van der Waals surface area contributed by atoms with E-state index in [9.17, 15) is 4.79 Å². The number of ketones is 1. The van der Waals surface area contributed by atoms with E-state index in [0.717, 1.165) is 15.6 Å². The van der Waals surface area contributed by atoms with E-state index in [4.69, 9.17) is 11.6 Å². The number of rotatable bonds is 2. The van der Waals surface area contributed by atoms with Crippen molar-refractivity contribution in [2.45, 2.75) is 6.92 Å². The van der Waals surface area contributed by atoms with Crippen molar-refractivity contribution < 1.29 is 4.79 Å². The van der Waals surface area contributed by atoms with Gasteiger partial charge in [0.2, 0.25) is 0 Å². The van der Waals surface area contributed by atoms with Gasteiger partial charge in [0.15, 0.2) is 5.78 Å². The molecule has 0 spiro atoms. The number of benzene rings is 2. The van der Waals surface area contributed by atoms with Gasteiger partial charge in [-0.3, -0.25) is 4.79 Å². The Balaban J connectivity index is 2.60. The topological polar surface area (TPSA) is 17.1 Å². The molecule has 2 aromatic carbocycles. The number of hydrogen-bond donors (Lipinski definition) is 0. The second-order valence-electron chi connectivity index (χ2n) is 3.76. The van der Waals surface area contributed by atoms with Crippen LogP contribution in [0.1, 0.15) is 17.3 Å². The lowest BCUT2D eigenvalue weighted by Crippen LogP contribution is -1.92. The molecule has 0 amide bonds. The van der Waals surface area contributed by atoms with E-state index in [2.05, 4.69) is 15.9 Å². The van der Waals surface area contributed by atoms with Crippen LogP contribution in [-0.2, 0) is 0 Å². The van der Waals surface area contributed by atoms with Crippen molar-refractivity contribution in [1.82, 2.24) is 0 Å². The summed E-state index contributed by atoms with van der Waals surface area (Å²) >= 11 is 9.52. The van der Waals surface area contributed by atoms with Crippen molar-refractivity contribution in [3.8, 4) is 11.1 Å². The normalized spacial score (nSPS) is 10.3. The number of hydrogen-bond acceptors (Lipinski definition) is 1. The van der Waals surface area contributed by atoms with Crippen molar-refractivity contribution in [2.24, 2.45) is 0 Å². The summed E-state index contributed by atoms with van der Waals surface area (Å²) in [6, 6.07) is 13.2. The highest BCUT2D eigenvalue weighted by Crippen LogP contribution is 2.30. The predicted molar refractivity (Wildman–Crippen MR) is 74.6 cm³/mol. The zero-order chi connectivity index (χ0) is 12.4. The lowest BCUT2D eigenvalue weighted by Gasteiger charge is -2.07. The molecule has 3 heteroatoms. The number of carbonyl (C=O) groups is 1. The molecule has 0 aliphatic carbocycles. The molecule has 0 saturated carbocycles. The Morgan fingerprint density at radius 1 is 1.18 bits per heavy atom. The van der Waals surface area contributed by atoms with Crippen LogP contribution in [0.25, 0.3) is 11.1 Å². The lowest BCUT2D eigenvalue weighted by atomic mass is 10.0. The van der Waals surface area contributed by atoms with Crippen molar-refractivity contribution in [3.63, 3.8) is 0 Å². The van der Waals surface area contributed by atoms with Crippen LogP contribution in [0.4, 0.5) is 0 Å². The van der Waals surface area contributed by atoms with E-state index in [1.54, 1.807) is 6.07 Å². The third-order valence-corrected chi connectivity index (χ3v) is 3.40. The maximum absolute atomic E-state index is 11.4. The van der Waals surface area contributed by atoms with Crippen molar-refractivity contribution in [2.75, 3.05) is 0 Å². The zero-order valence-electron chi connectivity index (χ0n) is 9.21. The first-order valence-corrected chi connectivity index (χ1v) is 6.31. The Labute approximate surface area is 114 Å². The molecule has 0 N–H and O–H groups in total. The van der Waals surface area contributed by atoms with Crippen LogP contribution >= 0.6 is 27.5 Å². The smallest absolute Gasteiger partial charge is 0.159 e. The van der Waals surface area contributed by atoms with Gasteiger partial charge < -0.3 is 0 Å². The monoisotopic (exact) mass is 308 g/mol. The standard InChI is InChI=1S/C14H10BrClO/c1-9(17)10-6-11(8-12(16)7-10)13-4-2-3-5-14(13)15/h2-8H,1H3. The van der Waals surface area contributed by atoms with E-state index in [1.165, 1.54) is 6.92 Å². The number of carbonyl (C=O) groups excluding carboxylic acids is 1. The largest absolute Gasteiger partial charge is 0.295 e. The van der Waals surface area contributed by atoms with E-state index < -0.39 is 0 Å². The molecule has 0 aromatic heterocycles. The number of Topliss-reactive ketones (excluding diaryl/α,β-unsaturated/α-hetero) is 1. The fraction of sp³-hybridized carbons (Fsp3) is 0.0714. The Bertz CT molecular complexity index is 578. The zero-order valence-corrected chi connectivity index (χ0v) is 11.5. The van der Waals surface area contributed by atoms with Gasteiger partial charge in [-0.2, -0.15) is 0 Å². The fourth-order valence-corrected chi connectivity index (χ4v) is 2.39. The number of halogens is 2. The minimum absolute atomic E-state index is 0.0146. The predicted octanol–water partition coefficient (Wildman–Crippen LogP) is 4.97. The van der Waals surface area contributed by atoms with Gasteiger partial charge in [0.05, 0.1) is 0 Å². The summed E-state index contributed by atoms with van der Waals surface area (Å²) in [7, 11) is 0. The molecule has 1 nitrogen and oxygen atoms in total. The van der Waals surface area contributed by atoms with Crippen LogP contribution < -0.4 is 0 Å². The van der Waals surface area contributed by atoms with Gasteiger partial charge in [-0.25, -0.2) is 0 Å². The lowest BCUT2D eigenvalue weighted by molar-refractivity contribution is 0.101. The first-order valence-electron chi connectivity index (χ1n) is 5.14. The van der Waals surface area contributed by atoms with Gasteiger partial charge in [-0.1, -0.05) is 45.7 Å². The van der Waals surface area contributed by atoms with Crippen LogP contribution in [-0.4, -0.2) is 5.78 Å². The molecule has 0 aliphatic heterocycles. The molecular formula is C14H10BrClO. The average molecular weight is 310 g/mol. The second kappa shape index (κ2) is 5.03. The summed E-state index contributed by atoms with van der Waals surface area (Å²) in [6.07, 6.45) is 0. The SMILES string of the molecule is CC(=O)c1cc(Cl)cc(-c2ccccc2Br)c1. The van der Waals surface area contributed by atoms with Crippen LogP contribution in [0.15, 0.2) is 46.9 Å². The molecule has 2 rings (SSSR count). The molecule has 0 aliphatic rings. The van der Waals surface area contributed by atoms with Gasteiger partial charge in [0.25, 0.3) is 0 Å². The highest BCUT2D eigenvalue weighted by molar-refractivity contribution is 9.10. The van der Waals surface area contributed by atoms with Crippen LogP contribution in [0.5, 0.6) is 0 Å². The van der Waals surface area contributed by atoms with Crippen LogP contribution in [0.3, 0.4) is 0 Å². The van der Waals surface area contributed by atoms with Gasteiger partial charge in [-0.15, -0.1) is 0 Å². The molecule has 0 radical (unpaired) electrons. The Morgan fingerprint density at radius 3 is 2.53 bits per heavy atom. The Morgan fingerprint density at radius 2 is 1.88 bits per heavy atom. The van der Waals surface area contributed by atoms with Crippen LogP contribution in [0.2, 0.25) is 5.02 Å². The third kappa shape index (κ3) is 2.76. The van der Waals surface area contributed by atoms with Crippen molar-refractivity contribution in [3.05, 3.63) is 57.5 Å². The van der Waals surface area contributed by atoms with Gasteiger partial charge in [-0.05, 0) is 42.3 Å². The molecule has 0 fully saturated rings. The minimum atomic E-state index is 0.0146. The Kier molecular flexibility index (Phi) is 3.65. The van der Waals surface area contributed by atoms with Crippen molar-refractivity contribution >= 4 is 33.3 Å². The van der Waals surface area contributed by atoms with E-state index in [1.807, 2.05) is 36.4 Å². The van der Waals surface area contributed by atoms with E-state index >= 15 is 0 Å². The molecule has 0 atom stereocenters. The van der Waals surface area contributed by atoms with Gasteiger partial charge >= 0.3 is 0 Å². The summed E-state index contributed by atoms with van der Waals surface area (Å²) in [5, 5.41) is 0.573. The minimum Gasteiger partial charge on any atom is -0.295 e. The summed E-state index contributed by atoms with van der Waals surface area (Å²) < 4.78 is 0.983. The summed E-state index contributed by atoms with van der Waals surface area (Å²) in [5.41, 5.74) is 2.59. The first kappa shape index (κ1) is 12.3. The summed E-state index contributed by atoms with van der Waals surface area (Å²) in [6.45, 7) is 1.54. The molecular weight excluding hydrogens is 300 g/mol. The highest BCUT2D eigenvalue weighted by Gasteiger charge is 2.07. The second-order valence-corrected chi connectivity index (χ2v) is 5.06. The van der Waals surface area contributed by atoms with E-state index in [-0.39, 0.29) is 5.78 Å². The maximum Gasteiger partial charge on any atom is 0.159 e. The molecule has 0 heterocycles. The summed E-state index contributed by atoms with van der Waals surface area (Å²) in [5.74, 6) is 0.0146. The summed E-state index contributed by atoms with van der Waals surface area (Å²) in [4.78, 5) is 11.4. The molecule has 0 saturated heterocycles. The third-order valence-electron chi connectivity index (χ3n) is 2.49. The first-order chi connectivity index (χ1) is 8.08. The molecule has 2 aromatic rings. The molecule has 0 bridgehead atoms. The van der Waals surface area contributed by atoms with Gasteiger partial charge in [0, 0.05) is 15.1 Å².